The van der Waals surface area contributed by atoms with E-state index in [-0.39, 0.29) is 6.04 Å². The lowest BCUT2D eigenvalue weighted by Crippen LogP contribution is -2.35. The van der Waals surface area contributed by atoms with E-state index in [1.807, 2.05) is 6.20 Å². The van der Waals surface area contributed by atoms with E-state index in [2.05, 4.69) is 30.3 Å². The van der Waals surface area contributed by atoms with Gasteiger partial charge in [-0.1, -0.05) is 25.3 Å². The molecule has 1 saturated carbocycles. The van der Waals surface area contributed by atoms with Crippen LogP contribution >= 0.6 is 0 Å². The first-order valence-electron chi connectivity index (χ1n) is 6.61. The van der Waals surface area contributed by atoms with Gasteiger partial charge in [0, 0.05) is 6.20 Å². The Kier molecular flexibility index (Phi) is 4.13. The summed E-state index contributed by atoms with van der Waals surface area (Å²) in [5.41, 5.74) is 6.58. The van der Waals surface area contributed by atoms with Gasteiger partial charge >= 0.3 is 0 Å². The zero-order valence-electron chi connectivity index (χ0n) is 10.9. The fourth-order valence-electron chi connectivity index (χ4n) is 2.96. The van der Waals surface area contributed by atoms with Crippen LogP contribution in [-0.2, 0) is 0 Å². The summed E-state index contributed by atoms with van der Waals surface area (Å²) in [5.74, 6) is 6.39. The smallest absolute Gasteiger partial charge is 0.0662 e. The number of hydrogen-bond donors (Lipinski definition) is 2. The molecule has 17 heavy (non-hydrogen) atoms. The molecule has 0 radical (unpaired) electrons. The predicted molar refractivity (Wildman–Crippen MR) is 70.4 cm³/mol. The summed E-state index contributed by atoms with van der Waals surface area (Å²) in [4.78, 5) is 4.58. The Labute approximate surface area is 104 Å². The van der Waals surface area contributed by atoms with Crippen LogP contribution in [0.15, 0.2) is 12.3 Å². The number of nitrogens with zero attached hydrogens (tertiary/aromatic N) is 1. The van der Waals surface area contributed by atoms with E-state index in [0.29, 0.717) is 5.92 Å². The molecule has 1 aromatic rings. The van der Waals surface area contributed by atoms with Crippen molar-refractivity contribution in [2.24, 2.45) is 11.8 Å². The average Bonchev–Trinajstić information content (AvgIpc) is 2.34. The third-order valence-electron chi connectivity index (χ3n) is 3.85. The van der Waals surface area contributed by atoms with Crippen molar-refractivity contribution in [3.63, 3.8) is 0 Å². The zero-order valence-corrected chi connectivity index (χ0v) is 10.9. The van der Waals surface area contributed by atoms with E-state index >= 15 is 0 Å². The fourth-order valence-corrected chi connectivity index (χ4v) is 2.96. The van der Waals surface area contributed by atoms with E-state index in [1.54, 1.807) is 0 Å². The van der Waals surface area contributed by atoms with E-state index in [1.165, 1.54) is 43.2 Å². The molecule has 0 aromatic carbocycles. The summed E-state index contributed by atoms with van der Waals surface area (Å²) in [6.45, 7) is 4.21. The minimum atomic E-state index is 0.218. The molecule has 1 aliphatic carbocycles. The van der Waals surface area contributed by atoms with Gasteiger partial charge in [-0.3, -0.25) is 16.3 Å². The highest BCUT2D eigenvalue weighted by atomic mass is 15.2. The minimum Gasteiger partial charge on any atom is -0.271 e. The first kappa shape index (κ1) is 12.5. The monoisotopic (exact) mass is 233 g/mol. The molecule has 1 aromatic heterocycles. The van der Waals surface area contributed by atoms with Gasteiger partial charge in [0.2, 0.25) is 0 Å². The van der Waals surface area contributed by atoms with Crippen LogP contribution in [0.3, 0.4) is 0 Å². The molecule has 1 aliphatic rings. The molecule has 2 rings (SSSR count). The highest BCUT2D eigenvalue weighted by molar-refractivity contribution is 5.26. The van der Waals surface area contributed by atoms with Crippen molar-refractivity contribution >= 4 is 0 Å². The Morgan fingerprint density at radius 1 is 1.29 bits per heavy atom. The van der Waals surface area contributed by atoms with Gasteiger partial charge in [0.05, 0.1) is 11.7 Å². The number of rotatable bonds is 3. The van der Waals surface area contributed by atoms with Gasteiger partial charge in [0.25, 0.3) is 0 Å². The normalized spacial score (nSPS) is 19.2. The van der Waals surface area contributed by atoms with E-state index in [0.717, 1.165) is 5.69 Å². The van der Waals surface area contributed by atoms with Crippen LogP contribution in [-0.4, -0.2) is 4.98 Å². The van der Waals surface area contributed by atoms with Crippen molar-refractivity contribution in [3.8, 4) is 0 Å². The van der Waals surface area contributed by atoms with Crippen LogP contribution < -0.4 is 11.3 Å². The molecule has 0 spiro atoms. The Morgan fingerprint density at radius 3 is 2.59 bits per heavy atom. The third kappa shape index (κ3) is 2.85. The molecule has 1 atom stereocenters. The van der Waals surface area contributed by atoms with Gasteiger partial charge in [-0.05, 0) is 43.7 Å². The second-order valence-electron chi connectivity index (χ2n) is 5.26. The summed E-state index contributed by atoms with van der Waals surface area (Å²) >= 11 is 0. The lowest BCUT2D eigenvalue weighted by Gasteiger charge is -2.30. The lowest BCUT2D eigenvalue weighted by molar-refractivity contribution is 0.269. The highest BCUT2D eigenvalue weighted by Crippen LogP contribution is 2.34. The second-order valence-corrected chi connectivity index (χ2v) is 5.26. The maximum absolute atomic E-state index is 5.75. The average molecular weight is 233 g/mol. The topological polar surface area (TPSA) is 50.9 Å². The molecular formula is C14H23N3. The Morgan fingerprint density at radius 2 is 2.00 bits per heavy atom. The standard InChI is InChI=1S/C14H23N3/c1-10-8-11(2)13(16-9-10)14(17-15)12-6-4-3-5-7-12/h8-9,12,14,17H,3-7,15H2,1-2H3. The molecule has 1 heterocycles. The number of hydrogen-bond acceptors (Lipinski definition) is 3. The maximum Gasteiger partial charge on any atom is 0.0662 e. The van der Waals surface area contributed by atoms with Crippen LogP contribution in [0.5, 0.6) is 0 Å². The zero-order chi connectivity index (χ0) is 12.3. The van der Waals surface area contributed by atoms with Crippen molar-refractivity contribution in [2.45, 2.75) is 52.0 Å². The van der Waals surface area contributed by atoms with Crippen molar-refractivity contribution in [1.29, 1.82) is 0 Å². The highest BCUT2D eigenvalue weighted by Gasteiger charge is 2.26. The third-order valence-corrected chi connectivity index (χ3v) is 3.85. The number of nitrogens with two attached hydrogens (primary N) is 1. The first-order valence-corrected chi connectivity index (χ1v) is 6.61. The number of aryl methyl sites for hydroxylation is 2. The Hall–Kier alpha value is -0.930. The Balaban J connectivity index is 2.21. The SMILES string of the molecule is Cc1cnc(C(NN)C2CCCCC2)c(C)c1. The number of nitrogens with one attached hydrogen (secondary N) is 1. The quantitative estimate of drug-likeness (QED) is 0.623. The van der Waals surface area contributed by atoms with Crippen molar-refractivity contribution in [2.75, 3.05) is 0 Å². The summed E-state index contributed by atoms with van der Waals surface area (Å²) in [6.07, 6.45) is 8.50. The number of hydrazine groups is 1. The van der Waals surface area contributed by atoms with Gasteiger partial charge in [0.1, 0.15) is 0 Å². The molecule has 3 nitrogen and oxygen atoms in total. The fraction of sp³-hybridized carbons (Fsp3) is 0.643. The van der Waals surface area contributed by atoms with Crippen LogP contribution in [0, 0.1) is 19.8 Å². The van der Waals surface area contributed by atoms with E-state index in [4.69, 9.17) is 5.84 Å². The van der Waals surface area contributed by atoms with Crippen molar-refractivity contribution < 1.29 is 0 Å². The molecule has 3 N–H and O–H groups in total. The molecule has 1 unspecified atom stereocenters. The van der Waals surface area contributed by atoms with Crippen molar-refractivity contribution in [1.82, 2.24) is 10.4 Å². The molecule has 0 bridgehead atoms. The molecular weight excluding hydrogens is 210 g/mol. The summed E-state index contributed by atoms with van der Waals surface area (Å²) < 4.78 is 0. The van der Waals surface area contributed by atoms with E-state index < -0.39 is 0 Å². The summed E-state index contributed by atoms with van der Waals surface area (Å²) in [7, 11) is 0. The van der Waals surface area contributed by atoms with Gasteiger partial charge in [0.15, 0.2) is 0 Å². The van der Waals surface area contributed by atoms with Gasteiger partial charge in [-0.15, -0.1) is 0 Å². The largest absolute Gasteiger partial charge is 0.271 e. The van der Waals surface area contributed by atoms with Gasteiger partial charge in [-0.25, -0.2) is 0 Å². The first-order chi connectivity index (χ1) is 8.22. The van der Waals surface area contributed by atoms with Crippen LogP contribution in [0.4, 0.5) is 0 Å². The molecule has 0 saturated heterocycles. The van der Waals surface area contributed by atoms with Gasteiger partial charge in [-0.2, -0.15) is 0 Å². The molecule has 0 aliphatic heterocycles. The lowest BCUT2D eigenvalue weighted by atomic mass is 9.82. The minimum absolute atomic E-state index is 0.218. The number of pyridine rings is 1. The summed E-state index contributed by atoms with van der Waals surface area (Å²) in [6, 6.07) is 2.41. The maximum atomic E-state index is 5.75. The van der Waals surface area contributed by atoms with Crippen LogP contribution in [0.25, 0.3) is 0 Å². The molecule has 3 heteroatoms. The van der Waals surface area contributed by atoms with Gasteiger partial charge < -0.3 is 0 Å². The second kappa shape index (κ2) is 5.61. The molecule has 94 valence electrons. The molecule has 0 amide bonds. The number of aromatic nitrogens is 1. The predicted octanol–water partition coefficient (Wildman–Crippen LogP) is 2.78. The summed E-state index contributed by atoms with van der Waals surface area (Å²) in [5, 5.41) is 0. The van der Waals surface area contributed by atoms with E-state index in [9.17, 15) is 0 Å². The van der Waals surface area contributed by atoms with Crippen LogP contribution in [0.1, 0.15) is 55.0 Å². The van der Waals surface area contributed by atoms with Crippen LogP contribution in [0.2, 0.25) is 0 Å². The Bertz CT molecular complexity index is 370. The molecule has 1 fully saturated rings. The van der Waals surface area contributed by atoms with Crippen molar-refractivity contribution in [3.05, 3.63) is 29.1 Å².